The zero-order chi connectivity index (χ0) is 12.1. The summed E-state index contributed by atoms with van der Waals surface area (Å²) in [6, 6.07) is 4.60. The van der Waals surface area contributed by atoms with Gasteiger partial charge in [0.25, 0.3) is 0 Å². The molecule has 1 unspecified atom stereocenters. The SMILES string of the molecule is CCCC(Cc1cc(Br)ccc1F)C(=O)O. The van der Waals surface area contributed by atoms with Crippen LogP contribution in [0.5, 0.6) is 0 Å². The molecule has 2 nitrogen and oxygen atoms in total. The monoisotopic (exact) mass is 288 g/mol. The first kappa shape index (κ1) is 13.2. The van der Waals surface area contributed by atoms with Crippen LogP contribution in [-0.2, 0) is 11.2 Å². The van der Waals surface area contributed by atoms with E-state index in [1.807, 2.05) is 6.92 Å². The molecule has 16 heavy (non-hydrogen) atoms. The Bertz CT molecular complexity index is 379. The quantitative estimate of drug-likeness (QED) is 0.898. The summed E-state index contributed by atoms with van der Waals surface area (Å²) in [6.07, 6.45) is 1.60. The van der Waals surface area contributed by atoms with Crippen LogP contribution in [0.15, 0.2) is 22.7 Å². The van der Waals surface area contributed by atoms with Crippen LogP contribution in [0.25, 0.3) is 0 Å². The first-order valence-corrected chi connectivity index (χ1v) is 6.00. The van der Waals surface area contributed by atoms with Gasteiger partial charge in [0.05, 0.1) is 5.92 Å². The van der Waals surface area contributed by atoms with Gasteiger partial charge in [0.1, 0.15) is 5.82 Å². The predicted octanol–water partition coefficient (Wildman–Crippen LogP) is 3.63. The molecule has 0 heterocycles. The zero-order valence-electron chi connectivity index (χ0n) is 9.04. The molecule has 0 aliphatic carbocycles. The maximum Gasteiger partial charge on any atom is 0.306 e. The largest absolute Gasteiger partial charge is 0.481 e. The Balaban J connectivity index is 2.84. The van der Waals surface area contributed by atoms with Crippen LogP contribution in [0.3, 0.4) is 0 Å². The smallest absolute Gasteiger partial charge is 0.306 e. The van der Waals surface area contributed by atoms with E-state index in [1.54, 1.807) is 12.1 Å². The summed E-state index contributed by atoms with van der Waals surface area (Å²) >= 11 is 3.25. The highest BCUT2D eigenvalue weighted by atomic mass is 79.9. The van der Waals surface area contributed by atoms with E-state index in [4.69, 9.17) is 5.11 Å². The zero-order valence-corrected chi connectivity index (χ0v) is 10.6. The highest BCUT2D eigenvalue weighted by molar-refractivity contribution is 9.10. The lowest BCUT2D eigenvalue weighted by Crippen LogP contribution is -2.16. The highest BCUT2D eigenvalue weighted by Gasteiger charge is 2.18. The molecule has 0 bridgehead atoms. The molecule has 0 aliphatic rings. The summed E-state index contributed by atoms with van der Waals surface area (Å²) in [5, 5.41) is 8.99. The van der Waals surface area contributed by atoms with Crippen molar-refractivity contribution in [3.8, 4) is 0 Å². The lowest BCUT2D eigenvalue weighted by atomic mass is 9.95. The second kappa shape index (κ2) is 5.99. The highest BCUT2D eigenvalue weighted by Crippen LogP contribution is 2.21. The summed E-state index contributed by atoms with van der Waals surface area (Å²) in [6.45, 7) is 1.92. The molecule has 0 saturated heterocycles. The van der Waals surface area contributed by atoms with E-state index in [9.17, 15) is 9.18 Å². The number of hydrogen-bond donors (Lipinski definition) is 1. The first-order chi connectivity index (χ1) is 7.54. The molecule has 1 aromatic rings. The van der Waals surface area contributed by atoms with Crippen LogP contribution in [0.2, 0.25) is 0 Å². The third-order valence-corrected chi connectivity index (χ3v) is 2.95. The Morgan fingerprint density at radius 1 is 1.56 bits per heavy atom. The van der Waals surface area contributed by atoms with E-state index >= 15 is 0 Å². The Morgan fingerprint density at radius 2 is 2.25 bits per heavy atom. The molecule has 1 rings (SSSR count). The molecule has 88 valence electrons. The molecular weight excluding hydrogens is 275 g/mol. The second-order valence-electron chi connectivity index (χ2n) is 3.76. The number of carboxylic acid groups (broad SMARTS) is 1. The van der Waals surface area contributed by atoms with Crippen LogP contribution in [0, 0.1) is 11.7 Å². The Kier molecular flexibility index (Phi) is 4.93. The van der Waals surface area contributed by atoms with Crippen molar-refractivity contribution < 1.29 is 14.3 Å². The summed E-state index contributed by atoms with van der Waals surface area (Å²) in [7, 11) is 0. The van der Waals surface area contributed by atoms with Crippen LogP contribution in [0.4, 0.5) is 4.39 Å². The van der Waals surface area contributed by atoms with Gasteiger partial charge in [-0.05, 0) is 36.6 Å². The Labute approximate surface area is 103 Å². The molecule has 4 heteroatoms. The van der Waals surface area contributed by atoms with Gasteiger partial charge in [0.15, 0.2) is 0 Å². The van der Waals surface area contributed by atoms with E-state index in [-0.39, 0.29) is 12.2 Å². The van der Waals surface area contributed by atoms with E-state index in [2.05, 4.69) is 15.9 Å². The van der Waals surface area contributed by atoms with Gasteiger partial charge >= 0.3 is 5.97 Å². The molecule has 1 atom stereocenters. The van der Waals surface area contributed by atoms with E-state index in [0.717, 1.165) is 10.9 Å². The van der Waals surface area contributed by atoms with E-state index < -0.39 is 11.9 Å². The normalized spacial score (nSPS) is 12.4. The fourth-order valence-corrected chi connectivity index (χ4v) is 2.04. The van der Waals surface area contributed by atoms with Gasteiger partial charge in [-0.1, -0.05) is 29.3 Å². The lowest BCUT2D eigenvalue weighted by Gasteiger charge is -2.11. The Morgan fingerprint density at radius 3 is 2.81 bits per heavy atom. The second-order valence-corrected chi connectivity index (χ2v) is 4.68. The van der Waals surface area contributed by atoms with Crippen molar-refractivity contribution in [1.29, 1.82) is 0 Å². The average molecular weight is 289 g/mol. The summed E-state index contributed by atoms with van der Waals surface area (Å²) in [5.74, 6) is -1.71. The van der Waals surface area contributed by atoms with Gasteiger partial charge in [0, 0.05) is 4.47 Å². The maximum absolute atomic E-state index is 13.4. The van der Waals surface area contributed by atoms with Gasteiger partial charge in [-0.2, -0.15) is 0 Å². The van der Waals surface area contributed by atoms with Crippen LogP contribution in [-0.4, -0.2) is 11.1 Å². The number of benzene rings is 1. The van der Waals surface area contributed by atoms with Crippen molar-refractivity contribution in [3.05, 3.63) is 34.1 Å². The molecule has 0 radical (unpaired) electrons. The third kappa shape index (κ3) is 3.59. The number of rotatable bonds is 5. The summed E-state index contributed by atoms with van der Waals surface area (Å²) in [5.41, 5.74) is 0.454. The predicted molar refractivity (Wildman–Crippen MR) is 63.8 cm³/mol. The molecule has 0 fully saturated rings. The summed E-state index contributed by atoms with van der Waals surface area (Å²) < 4.78 is 14.2. The molecule has 0 amide bonds. The molecule has 0 aliphatic heterocycles. The number of hydrogen-bond acceptors (Lipinski definition) is 1. The van der Waals surface area contributed by atoms with Crippen molar-refractivity contribution in [2.75, 3.05) is 0 Å². The van der Waals surface area contributed by atoms with Gasteiger partial charge in [-0.25, -0.2) is 4.39 Å². The minimum absolute atomic E-state index is 0.244. The van der Waals surface area contributed by atoms with Crippen molar-refractivity contribution in [2.24, 2.45) is 5.92 Å². The minimum atomic E-state index is -0.860. The number of carbonyl (C=O) groups is 1. The molecule has 0 aromatic heterocycles. The van der Waals surface area contributed by atoms with Crippen molar-refractivity contribution in [3.63, 3.8) is 0 Å². The van der Waals surface area contributed by atoms with E-state index in [0.29, 0.717) is 12.0 Å². The van der Waals surface area contributed by atoms with Crippen LogP contribution < -0.4 is 0 Å². The van der Waals surface area contributed by atoms with Crippen LogP contribution in [0.1, 0.15) is 25.3 Å². The molecule has 0 saturated carbocycles. The molecular formula is C12H14BrFO2. The number of aliphatic carboxylic acids is 1. The van der Waals surface area contributed by atoms with E-state index in [1.165, 1.54) is 6.07 Å². The topological polar surface area (TPSA) is 37.3 Å². The molecule has 1 N–H and O–H groups in total. The standard InChI is InChI=1S/C12H14BrFO2/c1-2-3-8(12(15)16)6-9-7-10(13)4-5-11(9)14/h4-5,7-8H,2-3,6H2,1H3,(H,15,16). The third-order valence-electron chi connectivity index (χ3n) is 2.46. The van der Waals surface area contributed by atoms with Gasteiger partial charge in [0.2, 0.25) is 0 Å². The maximum atomic E-state index is 13.4. The number of carboxylic acids is 1. The fraction of sp³-hybridized carbons (Fsp3) is 0.417. The average Bonchev–Trinajstić information content (AvgIpc) is 2.22. The Hall–Kier alpha value is -0.900. The fourth-order valence-electron chi connectivity index (χ4n) is 1.63. The summed E-state index contributed by atoms with van der Waals surface area (Å²) in [4.78, 5) is 11.0. The number of halogens is 2. The molecule has 1 aromatic carbocycles. The van der Waals surface area contributed by atoms with Gasteiger partial charge in [-0.3, -0.25) is 4.79 Å². The van der Waals surface area contributed by atoms with Crippen molar-refractivity contribution >= 4 is 21.9 Å². The van der Waals surface area contributed by atoms with Gasteiger partial charge in [-0.15, -0.1) is 0 Å². The lowest BCUT2D eigenvalue weighted by molar-refractivity contribution is -0.141. The molecule has 0 spiro atoms. The van der Waals surface area contributed by atoms with Crippen molar-refractivity contribution in [1.82, 2.24) is 0 Å². The van der Waals surface area contributed by atoms with Gasteiger partial charge < -0.3 is 5.11 Å². The minimum Gasteiger partial charge on any atom is -0.481 e. The van der Waals surface area contributed by atoms with Crippen LogP contribution >= 0.6 is 15.9 Å². The first-order valence-electron chi connectivity index (χ1n) is 5.21. The van der Waals surface area contributed by atoms with Crippen molar-refractivity contribution in [2.45, 2.75) is 26.2 Å².